The van der Waals surface area contributed by atoms with Gasteiger partial charge in [-0.2, -0.15) is 0 Å². The number of fused-ring (bicyclic) bond motifs is 2. The normalized spacial score (nSPS) is 14.1. The summed E-state index contributed by atoms with van der Waals surface area (Å²) in [5.74, 6) is 0.0373. The average Bonchev–Trinajstić information content (AvgIpc) is 2.54. The number of benzene rings is 3. The zero-order chi connectivity index (χ0) is 15.1. The van der Waals surface area contributed by atoms with Gasteiger partial charge in [0.2, 0.25) is 0 Å². The Labute approximate surface area is 133 Å². The summed E-state index contributed by atoms with van der Waals surface area (Å²) in [6.07, 6.45) is 0. The molecule has 0 aromatic heterocycles. The van der Waals surface area contributed by atoms with Crippen LogP contribution in [0.1, 0.15) is 15.9 Å². The lowest BCUT2D eigenvalue weighted by atomic mass is 9.88. The van der Waals surface area contributed by atoms with Crippen molar-refractivity contribution in [1.29, 1.82) is 0 Å². The summed E-state index contributed by atoms with van der Waals surface area (Å²) >= 11 is 6.19. The van der Waals surface area contributed by atoms with Crippen LogP contribution in [0.4, 0.5) is 0 Å². The van der Waals surface area contributed by atoms with Crippen LogP contribution in [0.3, 0.4) is 0 Å². The molecule has 0 fully saturated rings. The number of halogens is 1. The van der Waals surface area contributed by atoms with E-state index in [0.29, 0.717) is 11.6 Å². The summed E-state index contributed by atoms with van der Waals surface area (Å²) in [6, 6.07) is 17.8. The molecule has 22 heavy (non-hydrogen) atoms. The van der Waals surface area contributed by atoms with Crippen LogP contribution < -0.4 is 0 Å². The van der Waals surface area contributed by atoms with Crippen LogP contribution in [0.5, 0.6) is 0 Å². The van der Waals surface area contributed by atoms with Crippen molar-refractivity contribution in [2.45, 2.75) is 6.61 Å². The van der Waals surface area contributed by atoms with Crippen molar-refractivity contribution >= 4 is 28.2 Å². The molecule has 0 aliphatic carbocycles. The van der Waals surface area contributed by atoms with E-state index in [1.807, 2.05) is 42.5 Å². The van der Waals surface area contributed by atoms with Crippen molar-refractivity contribution in [2.24, 2.45) is 0 Å². The van der Waals surface area contributed by atoms with Crippen LogP contribution in [0.15, 0.2) is 54.6 Å². The zero-order valence-electron chi connectivity index (χ0n) is 11.8. The van der Waals surface area contributed by atoms with Gasteiger partial charge < -0.3 is 4.74 Å². The largest absolute Gasteiger partial charge is 0.369 e. The molecule has 0 amide bonds. The minimum Gasteiger partial charge on any atom is -0.369 e. The lowest BCUT2D eigenvalue weighted by molar-refractivity contribution is 0.0667. The van der Waals surface area contributed by atoms with Gasteiger partial charge in [-0.1, -0.05) is 48.0 Å². The maximum atomic E-state index is 12.2. The van der Waals surface area contributed by atoms with Crippen molar-refractivity contribution in [3.05, 3.63) is 70.7 Å². The smallest absolute Gasteiger partial charge is 0.188 e. The second kappa shape index (κ2) is 5.24. The van der Waals surface area contributed by atoms with E-state index in [1.54, 1.807) is 0 Å². The number of Topliss-reactive ketones (excluding diaryl/α,β-unsaturated/α-hetero) is 1. The Morgan fingerprint density at radius 3 is 2.59 bits per heavy atom. The maximum absolute atomic E-state index is 12.2. The summed E-state index contributed by atoms with van der Waals surface area (Å²) in [7, 11) is 0. The number of ketones is 1. The van der Waals surface area contributed by atoms with Crippen molar-refractivity contribution in [1.82, 2.24) is 0 Å². The molecule has 3 aromatic carbocycles. The zero-order valence-corrected chi connectivity index (χ0v) is 12.6. The predicted molar refractivity (Wildman–Crippen MR) is 88.4 cm³/mol. The fourth-order valence-corrected chi connectivity index (χ4v) is 3.24. The van der Waals surface area contributed by atoms with Crippen LogP contribution in [-0.2, 0) is 11.3 Å². The highest BCUT2D eigenvalue weighted by Gasteiger charge is 2.23. The van der Waals surface area contributed by atoms with E-state index in [4.69, 9.17) is 16.3 Å². The highest BCUT2D eigenvalue weighted by molar-refractivity contribution is 6.31. The quantitative estimate of drug-likeness (QED) is 0.641. The summed E-state index contributed by atoms with van der Waals surface area (Å²) in [5, 5.41) is 2.76. The molecule has 108 valence electrons. The standard InChI is InChI=1S/C19H13ClO2/c20-14-7-6-13-8-16-17(10-22-11-18(16)21)19(15(13)9-14)12-4-2-1-3-5-12/h1-9H,10-11H2. The topological polar surface area (TPSA) is 26.3 Å². The van der Waals surface area contributed by atoms with Crippen molar-refractivity contribution in [2.75, 3.05) is 6.61 Å². The van der Waals surface area contributed by atoms with Gasteiger partial charge in [-0.3, -0.25) is 4.79 Å². The molecule has 3 heteroatoms. The van der Waals surface area contributed by atoms with Crippen LogP contribution in [-0.4, -0.2) is 12.4 Å². The summed E-state index contributed by atoms with van der Waals surface area (Å²) < 4.78 is 5.47. The van der Waals surface area contributed by atoms with Gasteiger partial charge >= 0.3 is 0 Å². The van der Waals surface area contributed by atoms with Gasteiger partial charge in [0.15, 0.2) is 5.78 Å². The Morgan fingerprint density at radius 2 is 1.77 bits per heavy atom. The van der Waals surface area contributed by atoms with Gasteiger partial charge in [-0.05, 0) is 45.7 Å². The molecule has 0 N–H and O–H groups in total. The molecule has 3 aromatic rings. The predicted octanol–water partition coefficient (Wildman–Crippen LogP) is 4.87. The third-order valence-electron chi connectivity index (χ3n) is 4.05. The Balaban J connectivity index is 2.15. The highest BCUT2D eigenvalue weighted by atomic mass is 35.5. The molecule has 0 radical (unpaired) electrons. The van der Waals surface area contributed by atoms with Gasteiger partial charge in [0.25, 0.3) is 0 Å². The van der Waals surface area contributed by atoms with Crippen molar-refractivity contribution < 1.29 is 9.53 Å². The molecule has 4 rings (SSSR count). The summed E-state index contributed by atoms with van der Waals surface area (Å²) in [4.78, 5) is 12.2. The van der Waals surface area contributed by atoms with E-state index >= 15 is 0 Å². The Bertz CT molecular complexity index is 885. The first-order valence-corrected chi connectivity index (χ1v) is 7.53. The number of hydrogen-bond acceptors (Lipinski definition) is 2. The molecule has 0 unspecified atom stereocenters. The molecule has 2 nitrogen and oxygen atoms in total. The van der Waals surface area contributed by atoms with E-state index in [2.05, 4.69) is 12.1 Å². The molecule has 1 aliphatic heterocycles. The molecule has 1 aliphatic rings. The number of ether oxygens (including phenoxy) is 1. The van der Waals surface area contributed by atoms with Crippen LogP contribution >= 0.6 is 11.6 Å². The third-order valence-corrected chi connectivity index (χ3v) is 4.29. The molecule has 0 atom stereocenters. The maximum Gasteiger partial charge on any atom is 0.188 e. The minimum absolute atomic E-state index is 0.0373. The number of rotatable bonds is 1. The monoisotopic (exact) mass is 308 g/mol. The summed E-state index contributed by atoms with van der Waals surface area (Å²) in [5.41, 5.74) is 3.84. The molecular weight excluding hydrogens is 296 g/mol. The summed E-state index contributed by atoms with van der Waals surface area (Å²) in [6.45, 7) is 0.605. The molecular formula is C19H13ClO2. The van der Waals surface area contributed by atoms with Crippen LogP contribution in [0.25, 0.3) is 21.9 Å². The van der Waals surface area contributed by atoms with Gasteiger partial charge in [0, 0.05) is 10.6 Å². The number of hydrogen-bond donors (Lipinski definition) is 0. The number of carbonyl (C=O) groups is 1. The fraction of sp³-hybridized carbons (Fsp3) is 0.105. The molecule has 0 saturated carbocycles. The third kappa shape index (κ3) is 2.12. The van der Waals surface area contributed by atoms with Gasteiger partial charge in [-0.25, -0.2) is 0 Å². The lowest BCUT2D eigenvalue weighted by Crippen LogP contribution is -2.19. The van der Waals surface area contributed by atoms with E-state index in [1.165, 1.54) is 0 Å². The van der Waals surface area contributed by atoms with E-state index in [9.17, 15) is 4.79 Å². The SMILES string of the molecule is O=C1COCc2c1cc1ccc(Cl)cc1c2-c1ccccc1. The second-order valence-electron chi connectivity index (χ2n) is 5.43. The van der Waals surface area contributed by atoms with Crippen LogP contribution in [0.2, 0.25) is 5.02 Å². The Morgan fingerprint density at radius 1 is 0.955 bits per heavy atom. The molecule has 0 spiro atoms. The molecule has 0 saturated heterocycles. The van der Waals surface area contributed by atoms with Crippen molar-refractivity contribution in [3.8, 4) is 11.1 Å². The second-order valence-corrected chi connectivity index (χ2v) is 5.86. The minimum atomic E-state index is 0.0373. The fourth-order valence-electron chi connectivity index (χ4n) is 3.07. The van der Waals surface area contributed by atoms with Crippen LogP contribution in [0, 0.1) is 0 Å². The van der Waals surface area contributed by atoms with E-state index in [0.717, 1.165) is 33.0 Å². The Kier molecular flexibility index (Phi) is 3.21. The Hall–Kier alpha value is -2.16. The first-order chi connectivity index (χ1) is 10.7. The van der Waals surface area contributed by atoms with Gasteiger partial charge in [0.05, 0.1) is 6.61 Å². The first-order valence-electron chi connectivity index (χ1n) is 7.15. The van der Waals surface area contributed by atoms with E-state index in [-0.39, 0.29) is 12.4 Å². The average molecular weight is 309 g/mol. The van der Waals surface area contributed by atoms with Gasteiger partial charge in [0.1, 0.15) is 6.61 Å². The van der Waals surface area contributed by atoms with Crippen molar-refractivity contribution in [3.63, 3.8) is 0 Å². The highest BCUT2D eigenvalue weighted by Crippen LogP contribution is 2.37. The van der Waals surface area contributed by atoms with E-state index < -0.39 is 0 Å². The number of carbonyl (C=O) groups excluding carboxylic acids is 1. The molecule has 0 bridgehead atoms. The van der Waals surface area contributed by atoms with Gasteiger partial charge in [-0.15, -0.1) is 0 Å². The molecule has 1 heterocycles. The first kappa shape index (κ1) is 13.5. The lowest BCUT2D eigenvalue weighted by Gasteiger charge is -2.21.